The van der Waals surface area contributed by atoms with E-state index in [2.05, 4.69) is 9.72 Å². The van der Waals surface area contributed by atoms with Crippen LogP contribution in [-0.4, -0.2) is 18.1 Å². The van der Waals surface area contributed by atoms with Gasteiger partial charge < -0.3 is 9.72 Å². The normalized spacial score (nSPS) is 10.4. The van der Waals surface area contributed by atoms with Gasteiger partial charge in [0.2, 0.25) is 0 Å². The van der Waals surface area contributed by atoms with Crippen molar-refractivity contribution in [3.63, 3.8) is 0 Å². The summed E-state index contributed by atoms with van der Waals surface area (Å²) < 4.78 is 4.61. The molecule has 0 saturated carbocycles. The summed E-state index contributed by atoms with van der Waals surface area (Å²) in [5.41, 5.74) is 1.43. The van der Waals surface area contributed by atoms with E-state index >= 15 is 0 Å². The van der Waals surface area contributed by atoms with E-state index in [1.165, 1.54) is 7.11 Å². The van der Waals surface area contributed by atoms with Gasteiger partial charge >= 0.3 is 5.97 Å². The van der Waals surface area contributed by atoms with Crippen molar-refractivity contribution in [1.82, 2.24) is 4.98 Å². The Balaban J connectivity index is 2.55. The Morgan fingerprint density at radius 1 is 1.43 bits per heavy atom. The quantitative estimate of drug-likeness (QED) is 0.734. The molecule has 0 aliphatic heterocycles. The Hall–Kier alpha value is -1.48. The molecule has 72 valence electrons. The first-order valence-electron chi connectivity index (χ1n) is 4.07. The molecule has 2 aromatic rings. The van der Waals surface area contributed by atoms with Crippen LogP contribution in [0.1, 0.15) is 10.4 Å². The minimum atomic E-state index is -0.343. The third-order valence-electron chi connectivity index (χ3n) is 2.01. The van der Waals surface area contributed by atoms with Gasteiger partial charge in [-0.3, -0.25) is 0 Å². The van der Waals surface area contributed by atoms with Crippen molar-refractivity contribution in [1.29, 1.82) is 0 Å². The lowest BCUT2D eigenvalue weighted by molar-refractivity contribution is 0.0601. The highest BCUT2D eigenvalue weighted by Crippen LogP contribution is 2.20. The molecule has 4 heteroatoms. The Bertz CT molecular complexity index is 490. The SMILES string of the molecule is COC(=O)c1ccc2[nH]c(Cl)cc2c1. The summed E-state index contributed by atoms with van der Waals surface area (Å²) in [6, 6.07) is 7.00. The third-order valence-corrected chi connectivity index (χ3v) is 2.21. The first kappa shape index (κ1) is 9.09. The second-order valence-electron chi connectivity index (χ2n) is 2.91. The highest BCUT2D eigenvalue weighted by atomic mass is 35.5. The molecular formula is C10H8ClNO2. The molecule has 3 nitrogen and oxygen atoms in total. The molecule has 2 rings (SSSR count). The fraction of sp³-hybridized carbons (Fsp3) is 0.100. The van der Waals surface area contributed by atoms with Crippen LogP contribution in [0.5, 0.6) is 0 Å². The van der Waals surface area contributed by atoms with Crippen molar-refractivity contribution in [3.05, 3.63) is 35.0 Å². The molecule has 1 aromatic carbocycles. The largest absolute Gasteiger partial charge is 0.465 e. The summed E-state index contributed by atoms with van der Waals surface area (Å²) in [7, 11) is 1.36. The van der Waals surface area contributed by atoms with Gasteiger partial charge in [-0.05, 0) is 24.3 Å². The molecular weight excluding hydrogens is 202 g/mol. The third kappa shape index (κ3) is 1.46. The van der Waals surface area contributed by atoms with Gasteiger partial charge in [-0.25, -0.2) is 4.79 Å². The number of aromatic amines is 1. The summed E-state index contributed by atoms with van der Waals surface area (Å²) in [4.78, 5) is 14.2. The van der Waals surface area contributed by atoms with Crippen LogP contribution in [0.4, 0.5) is 0 Å². The van der Waals surface area contributed by atoms with Gasteiger partial charge in [-0.1, -0.05) is 11.6 Å². The zero-order chi connectivity index (χ0) is 10.1. The molecule has 0 bridgehead atoms. The Labute approximate surface area is 85.6 Å². The Morgan fingerprint density at radius 2 is 2.21 bits per heavy atom. The lowest BCUT2D eigenvalue weighted by Crippen LogP contribution is -2.00. The number of nitrogens with one attached hydrogen (secondary N) is 1. The van der Waals surface area contributed by atoms with E-state index in [0.29, 0.717) is 10.7 Å². The van der Waals surface area contributed by atoms with Crippen LogP contribution in [0.2, 0.25) is 5.15 Å². The van der Waals surface area contributed by atoms with Gasteiger partial charge in [-0.2, -0.15) is 0 Å². The predicted octanol–water partition coefficient (Wildman–Crippen LogP) is 2.61. The number of esters is 1. The van der Waals surface area contributed by atoms with E-state index in [0.717, 1.165) is 10.9 Å². The summed E-state index contributed by atoms with van der Waals surface area (Å²) in [5, 5.41) is 1.46. The molecule has 0 fully saturated rings. The zero-order valence-electron chi connectivity index (χ0n) is 7.50. The molecule has 1 N–H and O–H groups in total. The molecule has 0 spiro atoms. The van der Waals surface area contributed by atoms with Gasteiger partial charge in [0.15, 0.2) is 0 Å². The van der Waals surface area contributed by atoms with E-state index in [4.69, 9.17) is 11.6 Å². The van der Waals surface area contributed by atoms with Crippen molar-refractivity contribution in [2.24, 2.45) is 0 Å². The number of H-pyrrole nitrogens is 1. The Kier molecular flexibility index (Phi) is 2.17. The molecule has 1 aromatic heterocycles. The van der Waals surface area contributed by atoms with E-state index in [1.807, 2.05) is 0 Å². The molecule has 0 amide bonds. The molecule has 0 aliphatic carbocycles. The molecule has 1 heterocycles. The molecule has 0 saturated heterocycles. The second kappa shape index (κ2) is 3.35. The molecule has 0 aliphatic rings. The van der Waals surface area contributed by atoms with E-state index < -0.39 is 0 Å². The maximum Gasteiger partial charge on any atom is 0.337 e. The summed E-state index contributed by atoms with van der Waals surface area (Å²) >= 11 is 5.78. The maximum absolute atomic E-state index is 11.2. The smallest absolute Gasteiger partial charge is 0.337 e. The van der Waals surface area contributed by atoms with Crippen LogP contribution in [-0.2, 0) is 4.74 Å². The average molecular weight is 210 g/mol. The van der Waals surface area contributed by atoms with E-state index in [1.54, 1.807) is 24.3 Å². The predicted molar refractivity (Wildman–Crippen MR) is 54.6 cm³/mol. The van der Waals surface area contributed by atoms with Crippen molar-refractivity contribution in [2.45, 2.75) is 0 Å². The van der Waals surface area contributed by atoms with Gasteiger partial charge in [0.1, 0.15) is 5.15 Å². The minimum Gasteiger partial charge on any atom is -0.465 e. The first-order chi connectivity index (χ1) is 6.70. The number of hydrogen-bond donors (Lipinski definition) is 1. The fourth-order valence-electron chi connectivity index (χ4n) is 1.34. The monoisotopic (exact) mass is 209 g/mol. The maximum atomic E-state index is 11.2. The molecule has 0 unspecified atom stereocenters. The molecule has 0 atom stereocenters. The van der Waals surface area contributed by atoms with Crippen LogP contribution in [0.25, 0.3) is 10.9 Å². The minimum absolute atomic E-state index is 0.343. The number of halogens is 1. The van der Waals surface area contributed by atoms with Crippen molar-refractivity contribution >= 4 is 28.5 Å². The lowest BCUT2D eigenvalue weighted by atomic mass is 10.1. The zero-order valence-corrected chi connectivity index (χ0v) is 8.26. The number of carbonyl (C=O) groups is 1. The summed E-state index contributed by atoms with van der Waals surface area (Å²) in [5.74, 6) is -0.343. The van der Waals surface area contributed by atoms with Gasteiger partial charge in [0, 0.05) is 10.9 Å². The number of ether oxygens (including phenoxy) is 1. The Morgan fingerprint density at radius 3 is 2.93 bits per heavy atom. The summed E-state index contributed by atoms with van der Waals surface area (Å²) in [6.07, 6.45) is 0. The number of carbonyl (C=O) groups excluding carboxylic acids is 1. The highest BCUT2D eigenvalue weighted by Gasteiger charge is 2.06. The standard InChI is InChI=1S/C10H8ClNO2/c1-14-10(13)6-2-3-8-7(4-6)5-9(11)12-8/h2-5,12H,1H3. The molecule has 14 heavy (non-hydrogen) atoms. The van der Waals surface area contributed by atoms with Gasteiger partial charge in [-0.15, -0.1) is 0 Å². The van der Waals surface area contributed by atoms with Crippen LogP contribution < -0.4 is 0 Å². The number of rotatable bonds is 1. The van der Waals surface area contributed by atoms with Crippen LogP contribution in [0.3, 0.4) is 0 Å². The number of methoxy groups -OCH3 is 1. The van der Waals surface area contributed by atoms with E-state index in [-0.39, 0.29) is 5.97 Å². The highest BCUT2D eigenvalue weighted by molar-refractivity contribution is 6.30. The van der Waals surface area contributed by atoms with Crippen LogP contribution in [0, 0.1) is 0 Å². The van der Waals surface area contributed by atoms with Crippen LogP contribution >= 0.6 is 11.6 Å². The number of aromatic nitrogens is 1. The number of fused-ring (bicyclic) bond motifs is 1. The van der Waals surface area contributed by atoms with Crippen LogP contribution in [0.15, 0.2) is 24.3 Å². The fourth-order valence-corrected chi connectivity index (χ4v) is 1.56. The van der Waals surface area contributed by atoms with Gasteiger partial charge in [0.05, 0.1) is 12.7 Å². The lowest BCUT2D eigenvalue weighted by Gasteiger charge is -1.98. The topological polar surface area (TPSA) is 42.1 Å². The first-order valence-corrected chi connectivity index (χ1v) is 4.45. The van der Waals surface area contributed by atoms with Crippen molar-refractivity contribution < 1.29 is 9.53 Å². The second-order valence-corrected chi connectivity index (χ2v) is 3.32. The number of benzene rings is 1. The van der Waals surface area contributed by atoms with E-state index in [9.17, 15) is 4.79 Å². The average Bonchev–Trinajstić information content (AvgIpc) is 2.55. The van der Waals surface area contributed by atoms with Crippen molar-refractivity contribution in [3.8, 4) is 0 Å². The summed E-state index contributed by atoms with van der Waals surface area (Å²) in [6.45, 7) is 0. The van der Waals surface area contributed by atoms with Gasteiger partial charge in [0.25, 0.3) is 0 Å². The van der Waals surface area contributed by atoms with Crippen molar-refractivity contribution in [2.75, 3.05) is 7.11 Å². The molecule has 0 radical (unpaired) electrons. The number of hydrogen-bond acceptors (Lipinski definition) is 2.